The van der Waals surface area contributed by atoms with Crippen molar-refractivity contribution in [3.8, 4) is 0 Å². The van der Waals surface area contributed by atoms with Crippen LogP contribution in [0.25, 0.3) is 0 Å². The van der Waals surface area contributed by atoms with Crippen LogP contribution in [-0.2, 0) is 14.3 Å². The molecule has 1 saturated carbocycles. The van der Waals surface area contributed by atoms with Gasteiger partial charge in [0.1, 0.15) is 0 Å². The average molecular weight is 432 g/mol. The van der Waals surface area contributed by atoms with Crippen LogP contribution in [0.5, 0.6) is 0 Å². The number of esters is 1. The van der Waals surface area contributed by atoms with E-state index < -0.39 is 5.97 Å². The van der Waals surface area contributed by atoms with Gasteiger partial charge in [0.15, 0.2) is 5.16 Å². The molecule has 1 aromatic heterocycles. The summed E-state index contributed by atoms with van der Waals surface area (Å²) < 4.78 is 12.3. The zero-order valence-corrected chi connectivity index (χ0v) is 17.9. The molecule has 0 spiro atoms. The summed E-state index contributed by atoms with van der Waals surface area (Å²) in [7, 11) is 1.33. The van der Waals surface area contributed by atoms with Gasteiger partial charge in [-0.3, -0.25) is 9.36 Å². The molecule has 1 aliphatic heterocycles. The van der Waals surface area contributed by atoms with Crippen molar-refractivity contribution in [1.29, 1.82) is 0 Å². The van der Waals surface area contributed by atoms with E-state index in [1.165, 1.54) is 18.9 Å². The maximum absolute atomic E-state index is 12.6. The topological polar surface area (TPSA) is 98.6 Å². The van der Waals surface area contributed by atoms with Crippen molar-refractivity contribution in [1.82, 2.24) is 14.8 Å². The van der Waals surface area contributed by atoms with Crippen molar-refractivity contribution in [3.05, 3.63) is 29.3 Å². The van der Waals surface area contributed by atoms with Gasteiger partial charge >= 0.3 is 5.97 Å². The van der Waals surface area contributed by atoms with Crippen molar-refractivity contribution >= 4 is 35.3 Å². The molecule has 2 aromatic rings. The lowest BCUT2D eigenvalue weighted by molar-refractivity contribution is -0.113. The highest BCUT2D eigenvalue weighted by Crippen LogP contribution is 2.41. The van der Waals surface area contributed by atoms with Gasteiger partial charge in [-0.1, -0.05) is 17.8 Å². The van der Waals surface area contributed by atoms with E-state index in [9.17, 15) is 9.59 Å². The average Bonchev–Trinajstić information content (AvgIpc) is 3.52. The first kappa shape index (κ1) is 20.7. The van der Waals surface area contributed by atoms with E-state index in [1.54, 1.807) is 18.2 Å². The molecule has 1 amide bonds. The Morgan fingerprint density at radius 1 is 1.27 bits per heavy atom. The first-order valence-corrected chi connectivity index (χ1v) is 10.9. The Labute approximate surface area is 179 Å². The van der Waals surface area contributed by atoms with Crippen LogP contribution < -0.4 is 10.2 Å². The number of nitrogens with one attached hydrogen (secondary N) is 1. The Balaban J connectivity index is 1.42. The zero-order chi connectivity index (χ0) is 21.1. The minimum atomic E-state index is -0.437. The molecule has 0 radical (unpaired) electrons. The number of carbonyl (C=O) groups excluding carboxylic acids is 2. The van der Waals surface area contributed by atoms with Crippen molar-refractivity contribution < 1.29 is 19.1 Å². The summed E-state index contributed by atoms with van der Waals surface area (Å²) in [6.07, 6.45) is 2.21. The van der Waals surface area contributed by atoms with Crippen LogP contribution >= 0.6 is 11.8 Å². The van der Waals surface area contributed by atoms with Gasteiger partial charge in [-0.15, -0.1) is 10.2 Å². The second-order valence-electron chi connectivity index (χ2n) is 7.34. The van der Waals surface area contributed by atoms with Crippen LogP contribution in [0, 0.1) is 6.92 Å². The van der Waals surface area contributed by atoms with Gasteiger partial charge in [0.25, 0.3) is 0 Å². The summed E-state index contributed by atoms with van der Waals surface area (Å²) in [5, 5.41) is 12.4. The summed E-state index contributed by atoms with van der Waals surface area (Å²) in [4.78, 5) is 26.5. The summed E-state index contributed by atoms with van der Waals surface area (Å²) in [5.41, 5.74) is 1.87. The summed E-state index contributed by atoms with van der Waals surface area (Å²) >= 11 is 1.38. The molecule has 2 aliphatic rings. The minimum absolute atomic E-state index is 0.164. The van der Waals surface area contributed by atoms with Crippen LogP contribution in [0.4, 0.5) is 11.6 Å². The lowest BCUT2D eigenvalue weighted by Gasteiger charge is -2.27. The number of benzene rings is 1. The molecular weight excluding hydrogens is 406 g/mol. The van der Waals surface area contributed by atoms with Gasteiger partial charge in [-0.05, 0) is 37.5 Å². The van der Waals surface area contributed by atoms with Crippen LogP contribution in [-0.4, -0.2) is 65.8 Å². The highest BCUT2D eigenvalue weighted by atomic mass is 32.2. The molecule has 1 saturated heterocycles. The maximum Gasteiger partial charge on any atom is 0.337 e. The Morgan fingerprint density at radius 3 is 2.73 bits per heavy atom. The smallest absolute Gasteiger partial charge is 0.337 e. The largest absolute Gasteiger partial charge is 0.465 e. The number of anilines is 2. The van der Waals surface area contributed by atoms with Crippen LogP contribution in [0.3, 0.4) is 0 Å². The van der Waals surface area contributed by atoms with E-state index in [0.29, 0.717) is 30.5 Å². The first-order chi connectivity index (χ1) is 14.6. The molecule has 0 atom stereocenters. The number of hydrogen-bond donors (Lipinski definition) is 1. The number of thioether (sulfide) groups is 1. The second-order valence-corrected chi connectivity index (χ2v) is 8.28. The number of hydrogen-bond acceptors (Lipinski definition) is 8. The molecule has 10 heteroatoms. The van der Waals surface area contributed by atoms with Crippen molar-refractivity contribution in [3.63, 3.8) is 0 Å². The fourth-order valence-electron chi connectivity index (χ4n) is 3.32. The van der Waals surface area contributed by atoms with Crippen molar-refractivity contribution in [2.45, 2.75) is 31.0 Å². The van der Waals surface area contributed by atoms with Gasteiger partial charge < -0.3 is 19.7 Å². The number of aryl methyl sites for hydroxylation is 1. The first-order valence-electron chi connectivity index (χ1n) is 9.96. The minimum Gasteiger partial charge on any atom is -0.465 e. The number of ether oxygens (including phenoxy) is 2. The predicted molar refractivity (Wildman–Crippen MR) is 113 cm³/mol. The third-order valence-corrected chi connectivity index (χ3v) is 6.06. The van der Waals surface area contributed by atoms with Gasteiger partial charge in [0.2, 0.25) is 11.9 Å². The fraction of sp³-hybridized carbons (Fsp3) is 0.500. The second kappa shape index (κ2) is 9.05. The van der Waals surface area contributed by atoms with Crippen LogP contribution in [0.2, 0.25) is 0 Å². The fourth-order valence-corrected chi connectivity index (χ4v) is 4.12. The van der Waals surface area contributed by atoms with E-state index in [1.807, 2.05) is 6.92 Å². The molecule has 0 unspecified atom stereocenters. The number of morpholine rings is 1. The van der Waals surface area contributed by atoms with Crippen LogP contribution in [0.15, 0.2) is 23.4 Å². The van der Waals surface area contributed by atoms with Gasteiger partial charge in [-0.2, -0.15) is 0 Å². The Bertz CT molecular complexity index is 937. The number of carbonyl (C=O) groups is 2. The number of rotatable bonds is 7. The summed E-state index contributed by atoms with van der Waals surface area (Å²) in [6, 6.07) is 5.50. The summed E-state index contributed by atoms with van der Waals surface area (Å²) in [6.45, 7) is 4.85. The molecule has 4 rings (SSSR count). The molecule has 9 nitrogen and oxygen atoms in total. The molecule has 2 heterocycles. The number of methoxy groups -OCH3 is 1. The molecule has 30 heavy (non-hydrogen) atoms. The number of aromatic nitrogens is 3. The quantitative estimate of drug-likeness (QED) is 0.527. The van der Waals surface area contributed by atoms with E-state index in [-0.39, 0.29) is 11.7 Å². The van der Waals surface area contributed by atoms with Gasteiger partial charge in [-0.25, -0.2) is 4.79 Å². The number of amides is 1. The van der Waals surface area contributed by atoms with E-state index in [0.717, 1.165) is 42.6 Å². The molecule has 0 bridgehead atoms. The van der Waals surface area contributed by atoms with E-state index in [4.69, 9.17) is 9.47 Å². The Hall–Kier alpha value is -2.59. The third kappa shape index (κ3) is 4.59. The van der Waals surface area contributed by atoms with Crippen molar-refractivity contribution in [2.24, 2.45) is 0 Å². The molecule has 1 aliphatic carbocycles. The monoisotopic (exact) mass is 431 g/mol. The molecule has 160 valence electrons. The standard InChI is InChI=1S/C20H25N5O4S/c1-13-3-4-14(18(27)28-2)11-16(13)21-17(26)12-30-20-23-22-19(25(20)15-5-6-15)24-7-9-29-10-8-24/h3-4,11,15H,5-10,12H2,1-2H3,(H,21,26). The maximum atomic E-state index is 12.6. The highest BCUT2D eigenvalue weighted by molar-refractivity contribution is 7.99. The molecule has 1 aromatic carbocycles. The highest BCUT2D eigenvalue weighted by Gasteiger charge is 2.32. The number of nitrogens with zero attached hydrogens (tertiary/aromatic N) is 4. The zero-order valence-electron chi connectivity index (χ0n) is 17.1. The lowest BCUT2D eigenvalue weighted by Crippen LogP contribution is -2.38. The predicted octanol–water partition coefficient (Wildman–Crippen LogP) is 2.28. The van der Waals surface area contributed by atoms with Crippen LogP contribution in [0.1, 0.15) is 34.8 Å². The molecular formula is C20H25N5O4S. The molecule has 2 fully saturated rings. The normalized spacial score (nSPS) is 16.4. The van der Waals surface area contributed by atoms with E-state index >= 15 is 0 Å². The van der Waals surface area contributed by atoms with Crippen molar-refractivity contribution in [2.75, 3.05) is 49.4 Å². The van der Waals surface area contributed by atoms with E-state index in [2.05, 4.69) is 25.0 Å². The third-order valence-electron chi connectivity index (χ3n) is 5.12. The SMILES string of the molecule is COC(=O)c1ccc(C)c(NC(=O)CSc2nnc(N3CCOCC3)n2C2CC2)c1. The Morgan fingerprint density at radius 2 is 2.03 bits per heavy atom. The van der Waals surface area contributed by atoms with Gasteiger partial charge in [0.05, 0.1) is 31.6 Å². The molecule has 1 N–H and O–H groups in total. The summed E-state index contributed by atoms with van der Waals surface area (Å²) in [5.74, 6) is 0.470. The van der Waals surface area contributed by atoms with Gasteiger partial charge in [0, 0.05) is 24.8 Å². The lowest BCUT2D eigenvalue weighted by atomic mass is 10.1. The Kier molecular flexibility index (Phi) is 6.24.